The second-order valence-electron chi connectivity index (χ2n) is 8.57. The van der Waals surface area contributed by atoms with Gasteiger partial charge in [0.15, 0.2) is 23.0 Å². The highest BCUT2D eigenvalue weighted by atomic mass is 16.5. The normalized spacial score (nSPS) is 15.9. The van der Waals surface area contributed by atoms with Gasteiger partial charge in [-0.15, -0.1) is 0 Å². The molecule has 7 heteroatoms. The Bertz CT molecular complexity index is 1030. The largest absolute Gasteiger partial charge is 0.503 e. The van der Waals surface area contributed by atoms with Gasteiger partial charge in [0.25, 0.3) is 5.91 Å². The molecule has 0 aromatic heterocycles. The van der Waals surface area contributed by atoms with Gasteiger partial charge < -0.3 is 24.4 Å². The van der Waals surface area contributed by atoms with Crippen molar-refractivity contribution in [3.63, 3.8) is 0 Å². The van der Waals surface area contributed by atoms with E-state index >= 15 is 0 Å². The third-order valence-corrected chi connectivity index (χ3v) is 5.90. The second kappa shape index (κ2) is 11.7. The number of aryl methyl sites for hydroxylation is 1. The first kappa shape index (κ1) is 25.3. The lowest BCUT2D eigenvalue weighted by Gasteiger charge is -2.28. The number of rotatable bonds is 12. The van der Waals surface area contributed by atoms with Gasteiger partial charge in [0.1, 0.15) is 0 Å². The predicted molar refractivity (Wildman–Crippen MR) is 131 cm³/mol. The lowest BCUT2D eigenvalue weighted by molar-refractivity contribution is -0.129. The molecule has 0 saturated carbocycles. The van der Waals surface area contributed by atoms with E-state index in [1.165, 1.54) is 0 Å². The molecular weight excluding hydrogens is 432 g/mol. The summed E-state index contributed by atoms with van der Waals surface area (Å²) >= 11 is 0. The molecule has 182 valence electrons. The number of Topliss-reactive ketones (excluding diaryl/α,β-unsaturated/α-hetero) is 1. The van der Waals surface area contributed by atoms with Gasteiger partial charge in [-0.25, -0.2) is 0 Å². The molecule has 0 saturated heterocycles. The Morgan fingerprint density at radius 1 is 1.12 bits per heavy atom. The summed E-state index contributed by atoms with van der Waals surface area (Å²) in [6, 6.07) is 14.4. The second-order valence-corrected chi connectivity index (χ2v) is 8.57. The molecule has 0 bridgehead atoms. The van der Waals surface area contributed by atoms with Gasteiger partial charge in [-0.1, -0.05) is 36.4 Å². The molecule has 1 amide bonds. The van der Waals surface area contributed by atoms with Crippen molar-refractivity contribution in [3.05, 3.63) is 71.0 Å². The molecular formula is C27H34N2O5. The van der Waals surface area contributed by atoms with Crippen LogP contribution in [0.25, 0.3) is 0 Å². The first-order valence-electron chi connectivity index (χ1n) is 11.6. The van der Waals surface area contributed by atoms with Crippen LogP contribution in [-0.2, 0) is 16.0 Å². The van der Waals surface area contributed by atoms with Gasteiger partial charge in [0.2, 0.25) is 0 Å². The molecule has 0 aliphatic carbocycles. The maximum atomic E-state index is 13.3. The lowest BCUT2D eigenvalue weighted by atomic mass is 9.93. The molecule has 1 atom stereocenters. The molecule has 0 fully saturated rings. The minimum atomic E-state index is -0.678. The summed E-state index contributed by atoms with van der Waals surface area (Å²) in [6.45, 7) is 3.57. The van der Waals surface area contributed by atoms with E-state index in [2.05, 4.69) is 0 Å². The number of aliphatic hydroxyl groups is 1. The van der Waals surface area contributed by atoms with Crippen molar-refractivity contribution in [2.75, 3.05) is 40.9 Å². The first-order valence-corrected chi connectivity index (χ1v) is 11.6. The number of ketones is 1. The average Bonchev–Trinajstić information content (AvgIpc) is 3.08. The molecule has 1 heterocycles. The lowest BCUT2D eigenvalue weighted by Crippen LogP contribution is -2.33. The standard InChI is InChI=1S/C27H34N2O5/c1-5-34-22-15-13-20(18-23(22)33-4)25-24(21(30)14-12-19-10-7-6-8-11-19)26(31)27(32)29(25)17-9-16-28(2)3/h6-8,10-11,13,15,18,25,31H,5,9,12,14,16-17H2,1-4H3. The van der Waals surface area contributed by atoms with Crippen molar-refractivity contribution < 1.29 is 24.2 Å². The van der Waals surface area contributed by atoms with E-state index in [4.69, 9.17) is 9.47 Å². The van der Waals surface area contributed by atoms with Crippen LogP contribution in [0.1, 0.15) is 36.9 Å². The van der Waals surface area contributed by atoms with Crippen LogP contribution in [0, 0.1) is 0 Å². The van der Waals surface area contributed by atoms with Gasteiger partial charge in [0.05, 0.1) is 25.3 Å². The van der Waals surface area contributed by atoms with E-state index in [1.54, 1.807) is 24.1 Å². The molecule has 34 heavy (non-hydrogen) atoms. The maximum Gasteiger partial charge on any atom is 0.290 e. The molecule has 1 aliphatic rings. The zero-order valence-corrected chi connectivity index (χ0v) is 20.4. The van der Waals surface area contributed by atoms with E-state index in [0.717, 1.165) is 12.1 Å². The van der Waals surface area contributed by atoms with E-state index in [0.29, 0.717) is 43.1 Å². The zero-order valence-electron chi connectivity index (χ0n) is 20.4. The highest BCUT2D eigenvalue weighted by molar-refractivity contribution is 6.09. The molecule has 3 rings (SSSR count). The van der Waals surface area contributed by atoms with Crippen LogP contribution in [-0.4, -0.2) is 67.5 Å². The van der Waals surface area contributed by atoms with Crippen LogP contribution in [0.2, 0.25) is 0 Å². The van der Waals surface area contributed by atoms with Gasteiger partial charge in [-0.05, 0) is 63.7 Å². The van der Waals surface area contributed by atoms with E-state index in [1.807, 2.05) is 62.3 Å². The topological polar surface area (TPSA) is 79.3 Å². The number of hydrogen-bond acceptors (Lipinski definition) is 6. The fourth-order valence-corrected chi connectivity index (χ4v) is 4.24. The van der Waals surface area contributed by atoms with Crippen LogP contribution in [0.4, 0.5) is 0 Å². The molecule has 0 spiro atoms. The first-order chi connectivity index (χ1) is 16.4. The van der Waals surface area contributed by atoms with E-state index in [9.17, 15) is 14.7 Å². The van der Waals surface area contributed by atoms with Gasteiger partial charge in [0, 0.05) is 13.0 Å². The molecule has 1 aliphatic heterocycles. The summed E-state index contributed by atoms with van der Waals surface area (Å²) in [5, 5.41) is 10.8. The minimum Gasteiger partial charge on any atom is -0.503 e. The minimum absolute atomic E-state index is 0.150. The summed E-state index contributed by atoms with van der Waals surface area (Å²) in [4.78, 5) is 30.0. The Kier molecular flexibility index (Phi) is 8.71. The Morgan fingerprint density at radius 3 is 2.50 bits per heavy atom. The summed E-state index contributed by atoms with van der Waals surface area (Å²) < 4.78 is 11.1. The SMILES string of the molecule is CCOc1ccc(C2C(C(=O)CCc3ccccc3)=C(O)C(=O)N2CCCN(C)C)cc1OC. The van der Waals surface area contributed by atoms with Gasteiger partial charge in [-0.2, -0.15) is 0 Å². The summed E-state index contributed by atoms with van der Waals surface area (Å²) in [5.74, 6) is -0.104. The zero-order chi connectivity index (χ0) is 24.7. The third kappa shape index (κ3) is 5.78. The number of benzene rings is 2. The smallest absolute Gasteiger partial charge is 0.290 e. The number of nitrogens with zero attached hydrogens (tertiary/aromatic N) is 2. The number of aliphatic hydroxyl groups excluding tert-OH is 1. The Labute approximate surface area is 201 Å². The van der Waals surface area contributed by atoms with Crippen LogP contribution in [0.5, 0.6) is 11.5 Å². The number of carbonyl (C=O) groups excluding carboxylic acids is 2. The molecule has 7 nitrogen and oxygen atoms in total. The summed E-state index contributed by atoms with van der Waals surface area (Å²) in [7, 11) is 5.49. The van der Waals surface area contributed by atoms with Crippen LogP contribution in [0.15, 0.2) is 59.9 Å². The van der Waals surface area contributed by atoms with Crippen molar-refractivity contribution in [3.8, 4) is 11.5 Å². The summed E-state index contributed by atoms with van der Waals surface area (Å²) in [6.07, 6.45) is 1.44. The van der Waals surface area contributed by atoms with Crippen molar-refractivity contribution in [1.82, 2.24) is 9.80 Å². The fourth-order valence-electron chi connectivity index (χ4n) is 4.24. The molecule has 1 N–H and O–H groups in total. The van der Waals surface area contributed by atoms with Crippen LogP contribution in [0.3, 0.4) is 0 Å². The molecule has 0 radical (unpaired) electrons. The van der Waals surface area contributed by atoms with Crippen molar-refractivity contribution in [1.29, 1.82) is 0 Å². The molecule has 2 aromatic carbocycles. The number of amides is 1. The molecule has 1 unspecified atom stereocenters. The maximum absolute atomic E-state index is 13.3. The van der Waals surface area contributed by atoms with Crippen LogP contribution < -0.4 is 9.47 Å². The Morgan fingerprint density at radius 2 is 1.85 bits per heavy atom. The van der Waals surface area contributed by atoms with Crippen molar-refractivity contribution >= 4 is 11.7 Å². The van der Waals surface area contributed by atoms with E-state index in [-0.39, 0.29) is 17.8 Å². The number of hydrogen-bond donors (Lipinski definition) is 1. The third-order valence-electron chi connectivity index (χ3n) is 5.90. The fraction of sp³-hybridized carbons (Fsp3) is 0.407. The van der Waals surface area contributed by atoms with Crippen LogP contribution >= 0.6 is 0 Å². The number of ether oxygens (including phenoxy) is 2. The number of carbonyl (C=O) groups is 2. The number of methoxy groups -OCH3 is 1. The quantitative estimate of drug-likeness (QED) is 0.510. The highest BCUT2D eigenvalue weighted by Gasteiger charge is 2.43. The summed E-state index contributed by atoms with van der Waals surface area (Å²) in [5.41, 5.74) is 1.88. The Balaban J connectivity index is 1.94. The molecule has 2 aromatic rings. The average molecular weight is 467 g/mol. The monoisotopic (exact) mass is 466 g/mol. The van der Waals surface area contributed by atoms with Gasteiger partial charge in [-0.3, -0.25) is 9.59 Å². The predicted octanol–water partition coefficient (Wildman–Crippen LogP) is 3.94. The van der Waals surface area contributed by atoms with Crippen molar-refractivity contribution in [2.24, 2.45) is 0 Å². The van der Waals surface area contributed by atoms with Gasteiger partial charge >= 0.3 is 0 Å². The Hall–Kier alpha value is -3.32. The van der Waals surface area contributed by atoms with E-state index < -0.39 is 17.7 Å². The van der Waals surface area contributed by atoms with Crippen molar-refractivity contribution in [2.45, 2.75) is 32.2 Å². The highest BCUT2D eigenvalue weighted by Crippen LogP contribution is 2.41.